The van der Waals surface area contributed by atoms with Crippen LogP contribution in [0.15, 0.2) is 48.5 Å². The second kappa shape index (κ2) is 5.29. The number of nitrogens with zero attached hydrogens (tertiary/aromatic N) is 1. The van der Waals surface area contributed by atoms with Crippen molar-refractivity contribution >= 4 is 27.2 Å². The molecule has 0 amide bonds. The smallest absolute Gasteiger partial charge is 1.00 e. The van der Waals surface area contributed by atoms with E-state index < -0.39 is 0 Å². The second-order valence-corrected chi connectivity index (χ2v) is 5.05. The summed E-state index contributed by atoms with van der Waals surface area (Å²) in [6.07, 6.45) is 0. The first-order valence-electron chi connectivity index (χ1n) is 6.26. The Morgan fingerprint density at radius 3 is 2.11 bits per heavy atom. The molecule has 0 saturated carbocycles. The molecule has 0 fully saturated rings. The topological polar surface area (TPSA) is 3.24 Å². The van der Waals surface area contributed by atoms with Crippen molar-refractivity contribution in [1.82, 2.24) is 0 Å². The zero-order valence-corrected chi connectivity index (χ0v) is 12.1. The molecule has 0 aliphatic rings. The zero-order valence-electron chi connectivity index (χ0n) is 13.1. The summed E-state index contributed by atoms with van der Waals surface area (Å²) < 4.78 is 0. The largest absolute Gasteiger partial charge is 1.00 e. The van der Waals surface area contributed by atoms with Crippen LogP contribution in [0.1, 0.15) is 6.99 Å². The Morgan fingerprint density at radius 1 is 0.842 bits per heavy atom. The van der Waals surface area contributed by atoms with Crippen LogP contribution in [-0.2, 0) is 0 Å². The molecule has 19 heavy (non-hydrogen) atoms. The fourth-order valence-corrected chi connectivity index (χ4v) is 2.70. The number of fused-ring (bicyclic) bond motifs is 2. The molecule has 92 valence electrons. The molecule has 3 aromatic carbocycles. The Kier molecular flexibility index (Phi) is 3.90. The average Bonchev–Trinajstić information content (AvgIpc) is 2.36. The van der Waals surface area contributed by atoms with E-state index in [9.17, 15) is 0 Å². The van der Waals surface area contributed by atoms with Gasteiger partial charge in [0, 0.05) is 25.2 Å². The molecule has 3 aromatic rings. The summed E-state index contributed by atoms with van der Waals surface area (Å²) >= 11 is 0. The van der Waals surface area contributed by atoms with E-state index in [1.54, 1.807) is 0 Å². The van der Waals surface area contributed by atoms with E-state index in [0.717, 1.165) is 0 Å². The third-order valence-electron chi connectivity index (χ3n) is 3.51. The van der Waals surface area contributed by atoms with Gasteiger partial charge in [-0.25, -0.2) is 0 Å². The first kappa shape index (κ1) is 14.0. The van der Waals surface area contributed by atoms with E-state index in [2.05, 4.69) is 74.4 Å². The van der Waals surface area contributed by atoms with Crippen LogP contribution in [0.5, 0.6) is 0 Å². The van der Waals surface area contributed by atoms with Crippen LogP contribution in [-0.4, -0.2) is 14.1 Å². The van der Waals surface area contributed by atoms with Crippen LogP contribution in [0.4, 0.5) is 5.69 Å². The molecule has 0 aromatic heterocycles. The molecule has 3 rings (SSSR count). The quantitative estimate of drug-likeness (QED) is 0.462. The van der Waals surface area contributed by atoms with Crippen LogP contribution in [0.3, 0.4) is 0 Å². The maximum atomic E-state index is 2.30. The van der Waals surface area contributed by atoms with Gasteiger partial charge in [-0.05, 0) is 40.8 Å². The monoisotopic (exact) mass is 243 g/mol. The molecular weight excluding hydrogens is 225 g/mol. The van der Waals surface area contributed by atoms with Crippen molar-refractivity contribution in [2.45, 2.75) is 6.92 Å². The van der Waals surface area contributed by atoms with Gasteiger partial charge in [0.15, 0.2) is 0 Å². The normalized spacial score (nSPS) is 10.5. The van der Waals surface area contributed by atoms with E-state index in [-0.39, 0.29) is 20.3 Å². The second-order valence-electron chi connectivity index (χ2n) is 5.05. The first-order chi connectivity index (χ1) is 8.66. The molecule has 1 nitrogen and oxygen atoms in total. The summed E-state index contributed by atoms with van der Waals surface area (Å²) in [5.41, 5.74) is 2.64. The number of anilines is 1. The summed E-state index contributed by atoms with van der Waals surface area (Å²) in [5.74, 6) is 0. The number of rotatable bonds is 1. The zero-order chi connectivity index (χ0) is 12.7. The van der Waals surface area contributed by atoms with E-state index >= 15 is 0 Å². The molecule has 0 bridgehead atoms. The Hall–Kier alpha value is -1.42. The van der Waals surface area contributed by atoms with Crippen molar-refractivity contribution < 1.29 is 20.3 Å². The Labute approximate surface area is 127 Å². The summed E-state index contributed by atoms with van der Waals surface area (Å²) in [6, 6.07) is 17.5. The van der Waals surface area contributed by atoms with Crippen molar-refractivity contribution in [3.05, 3.63) is 54.1 Å². The van der Waals surface area contributed by atoms with Gasteiger partial charge in [0.25, 0.3) is 0 Å². The molecule has 0 heterocycles. The summed E-state index contributed by atoms with van der Waals surface area (Å²) in [5, 5.41) is 5.25. The molecule has 0 N–H and O–H groups in total. The molecular formula is C17H18LiN. The van der Waals surface area contributed by atoms with Crippen LogP contribution in [0.25, 0.3) is 21.5 Å². The van der Waals surface area contributed by atoms with Gasteiger partial charge in [-0.3, -0.25) is 0 Å². The summed E-state index contributed by atoms with van der Waals surface area (Å²) in [7, 11) is 4.22. The average molecular weight is 243 g/mol. The van der Waals surface area contributed by atoms with Crippen LogP contribution in [0, 0.1) is 6.92 Å². The van der Waals surface area contributed by atoms with Crippen LogP contribution < -0.4 is 23.8 Å². The fraction of sp³-hybridized carbons (Fsp3) is 0.176. The third kappa shape index (κ3) is 2.37. The van der Waals surface area contributed by atoms with Crippen molar-refractivity contribution in [2.75, 3.05) is 19.0 Å². The van der Waals surface area contributed by atoms with E-state index in [4.69, 9.17) is 0 Å². The maximum absolute atomic E-state index is 2.30. The van der Waals surface area contributed by atoms with E-state index in [0.29, 0.717) is 0 Å². The van der Waals surface area contributed by atoms with Gasteiger partial charge in [-0.2, -0.15) is 0 Å². The van der Waals surface area contributed by atoms with Gasteiger partial charge in [0.1, 0.15) is 0 Å². The summed E-state index contributed by atoms with van der Waals surface area (Å²) in [4.78, 5) is 2.20. The van der Waals surface area contributed by atoms with Crippen LogP contribution in [0.2, 0.25) is 0 Å². The van der Waals surface area contributed by atoms with Gasteiger partial charge in [-0.15, -0.1) is 0 Å². The number of aryl methyl sites for hydroxylation is 1. The fourth-order valence-electron chi connectivity index (χ4n) is 2.70. The third-order valence-corrected chi connectivity index (χ3v) is 3.51. The molecule has 0 radical (unpaired) electrons. The predicted molar refractivity (Wildman–Crippen MR) is 81.6 cm³/mol. The van der Waals surface area contributed by atoms with Gasteiger partial charge in [0.2, 0.25) is 0 Å². The van der Waals surface area contributed by atoms with Gasteiger partial charge >= 0.3 is 18.9 Å². The van der Waals surface area contributed by atoms with E-state index in [1.807, 2.05) is 0 Å². The van der Waals surface area contributed by atoms with Gasteiger partial charge < -0.3 is 6.33 Å². The van der Waals surface area contributed by atoms with Crippen molar-refractivity contribution in [3.8, 4) is 0 Å². The molecule has 0 saturated heterocycles. The molecule has 2 heteroatoms. The predicted octanol–water partition coefficient (Wildman–Crippen LogP) is 1.48. The van der Waals surface area contributed by atoms with Crippen molar-refractivity contribution in [1.29, 1.82) is 0 Å². The molecule has 0 atom stereocenters. The minimum absolute atomic E-state index is 0. The molecule has 0 unspecified atom stereocenters. The Balaban J connectivity index is 0.000001000. The molecule has 0 aliphatic heterocycles. The SMILES string of the molecule is Cc1ccc2cc3ccccc3cc2c1N(C)C.[H-].[Li+]. The Bertz CT molecular complexity index is 737. The van der Waals surface area contributed by atoms with Crippen molar-refractivity contribution in [2.24, 2.45) is 0 Å². The van der Waals surface area contributed by atoms with Gasteiger partial charge in [0.05, 0.1) is 0 Å². The van der Waals surface area contributed by atoms with Crippen molar-refractivity contribution in [3.63, 3.8) is 0 Å². The number of benzene rings is 3. The first-order valence-corrected chi connectivity index (χ1v) is 6.26. The molecule has 0 aliphatic carbocycles. The van der Waals surface area contributed by atoms with E-state index in [1.165, 1.54) is 32.8 Å². The minimum atomic E-state index is 0. The Morgan fingerprint density at radius 2 is 1.47 bits per heavy atom. The standard InChI is InChI=1S/C17H17N.Li.H/c1-12-8-9-15-10-13-6-4-5-7-14(13)11-16(15)17(12)18(2)3;;/h4-11H,1-3H3;;/q;+1;-1. The number of hydrogen-bond acceptors (Lipinski definition) is 1. The molecule has 0 spiro atoms. The maximum Gasteiger partial charge on any atom is 1.00 e. The summed E-state index contributed by atoms with van der Waals surface area (Å²) in [6.45, 7) is 2.17. The van der Waals surface area contributed by atoms with Gasteiger partial charge in [-0.1, -0.05) is 36.4 Å². The number of hydrogen-bond donors (Lipinski definition) is 0. The van der Waals surface area contributed by atoms with Crippen LogP contribution >= 0.6 is 0 Å². The minimum Gasteiger partial charge on any atom is -1.00 e.